The predicted octanol–water partition coefficient (Wildman–Crippen LogP) is 2.58. The molecule has 0 fully saturated rings. The summed E-state index contributed by atoms with van der Waals surface area (Å²) < 4.78 is 1.85. The van der Waals surface area contributed by atoms with Crippen molar-refractivity contribution in [3.8, 4) is 0 Å². The van der Waals surface area contributed by atoms with E-state index < -0.39 is 4.92 Å². The van der Waals surface area contributed by atoms with Crippen molar-refractivity contribution < 1.29 is 4.92 Å². The first kappa shape index (κ1) is 14.4. The van der Waals surface area contributed by atoms with Crippen molar-refractivity contribution in [2.24, 2.45) is 0 Å². The molecule has 0 saturated heterocycles. The van der Waals surface area contributed by atoms with Gasteiger partial charge in [0.05, 0.1) is 11.5 Å². The third-order valence-corrected chi connectivity index (χ3v) is 3.69. The van der Waals surface area contributed by atoms with Gasteiger partial charge < -0.3 is 0 Å². The monoisotopic (exact) mass is 337 g/mol. The standard InChI is InChI=1S/C13H12BrN3O3/c1-8-10(4-3-5-12(8)17(19)20)7-16-9(2)15-6-11(14)13(16)18/h3-6H,7H2,1-2H3. The molecule has 0 N–H and O–H groups in total. The van der Waals surface area contributed by atoms with Gasteiger partial charge in [-0.05, 0) is 35.3 Å². The van der Waals surface area contributed by atoms with Gasteiger partial charge in [0.2, 0.25) is 0 Å². The van der Waals surface area contributed by atoms with Gasteiger partial charge in [-0.25, -0.2) is 4.98 Å². The Morgan fingerprint density at radius 1 is 1.40 bits per heavy atom. The van der Waals surface area contributed by atoms with Gasteiger partial charge in [-0.1, -0.05) is 12.1 Å². The van der Waals surface area contributed by atoms with E-state index in [0.717, 1.165) is 5.56 Å². The molecule has 0 aliphatic heterocycles. The summed E-state index contributed by atoms with van der Waals surface area (Å²) in [7, 11) is 0. The van der Waals surface area contributed by atoms with Crippen molar-refractivity contribution in [1.82, 2.24) is 9.55 Å². The molecule has 0 atom stereocenters. The van der Waals surface area contributed by atoms with Crippen LogP contribution in [0.15, 0.2) is 33.7 Å². The van der Waals surface area contributed by atoms with Crippen molar-refractivity contribution >= 4 is 21.6 Å². The van der Waals surface area contributed by atoms with Crippen LogP contribution in [0.1, 0.15) is 17.0 Å². The molecule has 1 heterocycles. The van der Waals surface area contributed by atoms with Crippen LogP contribution < -0.4 is 5.56 Å². The summed E-state index contributed by atoms with van der Waals surface area (Å²) in [5.74, 6) is 0.559. The van der Waals surface area contributed by atoms with Crippen LogP contribution in [-0.4, -0.2) is 14.5 Å². The highest BCUT2D eigenvalue weighted by Gasteiger charge is 2.15. The summed E-state index contributed by atoms with van der Waals surface area (Å²) >= 11 is 3.15. The largest absolute Gasteiger partial charge is 0.291 e. The summed E-state index contributed by atoms with van der Waals surface area (Å²) in [6.45, 7) is 3.66. The van der Waals surface area contributed by atoms with E-state index in [0.29, 0.717) is 15.9 Å². The lowest BCUT2D eigenvalue weighted by Gasteiger charge is -2.11. The molecule has 0 amide bonds. The summed E-state index contributed by atoms with van der Waals surface area (Å²) in [6.07, 6.45) is 1.45. The van der Waals surface area contributed by atoms with Gasteiger partial charge in [-0.3, -0.25) is 19.5 Å². The zero-order chi connectivity index (χ0) is 14.9. The number of hydrogen-bond acceptors (Lipinski definition) is 4. The predicted molar refractivity (Wildman–Crippen MR) is 77.9 cm³/mol. The fourth-order valence-corrected chi connectivity index (χ4v) is 2.26. The molecule has 20 heavy (non-hydrogen) atoms. The summed E-state index contributed by atoms with van der Waals surface area (Å²) in [5, 5.41) is 10.9. The van der Waals surface area contributed by atoms with Gasteiger partial charge in [0.15, 0.2) is 0 Å². The maximum absolute atomic E-state index is 12.1. The number of nitro benzene ring substituents is 1. The van der Waals surface area contributed by atoms with Gasteiger partial charge >= 0.3 is 0 Å². The van der Waals surface area contributed by atoms with Gasteiger partial charge in [0.1, 0.15) is 10.3 Å². The second kappa shape index (κ2) is 5.54. The van der Waals surface area contributed by atoms with E-state index in [1.54, 1.807) is 26.0 Å². The lowest BCUT2D eigenvalue weighted by Crippen LogP contribution is -2.24. The van der Waals surface area contributed by atoms with Crippen molar-refractivity contribution in [1.29, 1.82) is 0 Å². The van der Waals surface area contributed by atoms with Crippen LogP contribution in [0.2, 0.25) is 0 Å². The molecule has 0 unspecified atom stereocenters. The van der Waals surface area contributed by atoms with Gasteiger partial charge in [-0.2, -0.15) is 0 Å². The van der Waals surface area contributed by atoms with E-state index in [-0.39, 0.29) is 17.8 Å². The highest BCUT2D eigenvalue weighted by Crippen LogP contribution is 2.21. The summed E-state index contributed by atoms with van der Waals surface area (Å²) in [5.41, 5.74) is 1.13. The molecule has 0 radical (unpaired) electrons. The first-order chi connectivity index (χ1) is 9.41. The van der Waals surface area contributed by atoms with Crippen molar-refractivity contribution in [3.05, 3.63) is 66.3 Å². The van der Waals surface area contributed by atoms with Crippen LogP contribution in [0.3, 0.4) is 0 Å². The van der Waals surface area contributed by atoms with E-state index in [1.165, 1.54) is 16.8 Å². The van der Waals surface area contributed by atoms with Crippen LogP contribution in [-0.2, 0) is 6.54 Å². The van der Waals surface area contributed by atoms with Crippen LogP contribution in [0.25, 0.3) is 0 Å². The number of aryl methyl sites for hydroxylation is 1. The van der Waals surface area contributed by atoms with Gasteiger partial charge in [0.25, 0.3) is 11.2 Å². The number of nitro groups is 1. The van der Waals surface area contributed by atoms with Crippen molar-refractivity contribution in [3.63, 3.8) is 0 Å². The molecule has 0 aliphatic carbocycles. The lowest BCUT2D eigenvalue weighted by atomic mass is 10.1. The molecule has 0 spiro atoms. The number of rotatable bonds is 3. The van der Waals surface area contributed by atoms with Crippen molar-refractivity contribution in [2.45, 2.75) is 20.4 Å². The Hall–Kier alpha value is -2.02. The zero-order valence-electron chi connectivity index (χ0n) is 11.0. The molecular formula is C13H12BrN3O3. The van der Waals surface area contributed by atoms with Crippen LogP contribution in [0, 0.1) is 24.0 Å². The number of benzene rings is 1. The second-order valence-corrected chi connectivity index (χ2v) is 5.22. The molecule has 1 aromatic heterocycles. The Morgan fingerprint density at radius 3 is 2.75 bits per heavy atom. The average Bonchev–Trinajstić information content (AvgIpc) is 2.40. The Balaban J connectivity index is 2.52. The second-order valence-electron chi connectivity index (χ2n) is 4.36. The SMILES string of the molecule is Cc1c(Cn2c(C)ncc(Br)c2=O)cccc1[N+](=O)[O-]. The minimum Gasteiger partial charge on any atom is -0.291 e. The van der Waals surface area contributed by atoms with Gasteiger partial charge in [-0.15, -0.1) is 0 Å². The Morgan fingerprint density at radius 2 is 2.10 bits per heavy atom. The zero-order valence-corrected chi connectivity index (χ0v) is 12.5. The first-order valence-electron chi connectivity index (χ1n) is 5.86. The molecule has 0 bridgehead atoms. The molecule has 2 rings (SSSR count). The quantitative estimate of drug-likeness (QED) is 0.637. The van der Waals surface area contributed by atoms with E-state index in [1.807, 2.05) is 0 Å². The Labute approximate surface area is 123 Å². The normalized spacial score (nSPS) is 10.6. The van der Waals surface area contributed by atoms with Crippen LogP contribution in [0.4, 0.5) is 5.69 Å². The third kappa shape index (κ3) is 2.62. The number of halogens is 1. The molecule has 0 saturated carbocycles. The van der Waals surface area contributed by atoms with Crippen LogP contribution >= 0.6 is 15.9 Å². The van der Waals surface area contributed by atoms with E-state index in [2.05, 4.69) is 20.9 Å². The highest BCUT2D eigenvalue weighted by atomic mass is 79.9. The molecule has 104 valence electrons. The minimum atomic E-state index is -0.423. The fraction of sp³-hybridized carbons (Fsp3) is 0.231. The lowest BCUT2D eigenvalue weighted by molar-refractivity contribution is -0.385. The van der Waals surface area contributed by atoms with E-state index >= 15 is 0 Å². The van der Waals surface area contributed by atoms with Gasteiger partial charge in [0, 0.05) is 17.8 Å². The molecule has 0 aliphatic rings. The number of nitrogens with zero attached hydrogens (tertiary/aromatic N) is 3. The summed E-state index contributed by atoms with van der Waals surface area (Å²) in [4.78, 5) is 26.7. The molecule has 2 aromatic rings. The maximum atomic E-state index is 12.1. The molecule has 7 heteroatoms. The minimum absolute atomic E-state index is 0.0520. The van der Waals surface area contributed by atoms with Crippen molar-refractivity contribution in [2.75, 3.05) is 0 Å². The smallest absolute Gasteiger partial charge is 0.272 e. The average molecular weight is 338 g/mol. The van der Waals surface area contributed by atoms with E-state index in [4.69, 9.17) is 0 Å². The number of aromatic nitrogens is 2. The molecule has 6 nitrogen and oxygen atoms in total. The van der Waals surface area contributed by atoms with Crippen LogP contribution in [0.5, 0.6) is 0 Å². The molecular weight excluding hydrogens is 326 g/mol. The number of hydrogen-bond donors (Lipinski definition) is 0. The third-order valence-electron chi connectivity index (χ3n) is 3.15. The Kier molecular flexibility index (Phi) is 3.99. The maximum Gasteiger partial charge on any atom is 0.272 e. The topological polar surface area (TPSA) is 78.0 Å². The fourth-order valence-electron chi connectivity index (χ4n) is 1.95. The summed E-state index contributed by atoms with van der Waals surface area (Å²) in [6, 6.07) is 4.84. The Bertz CT molecular complexity index is 740. The highest BCUT2D eigenvalue weighted by molar-refractivity contribution is 9.10. The van der Waals surface area contributed by atoms with E-state index in [9.17, 15) is 14.9 Å². The molecule has 1 aromatic carbocycles. The first-order valence-corrected chi connectivity index (χ1v) is 6.66.